The Bertz CT molecular complexity index is 1620. The molecule has 3 heterocycles. The lowest BCUT2D eigenvalue weighted by atomic mass is 10.2. The molecule has 0 saturated heterocycles. The molecule has 0 aliphatic rings. The number of carbonyl (C=O) groups excluding carboxylic acids is 2. The highest BCUT2D eigenvalue weighted by molar-refractivity contribution is 9.10. The van der Waals surface area contributed by atoms with Crippen LogP contribution in [0.3, 0.4) is 0 Å². The molecule has 0 saturated carbocycles. The molecule has 0 fully saturated rings. The number of carbonyl (C=O) groups is 2. The smallest absolute Gasteiger partial charge is 0.349 e. The molecular weight excluding hydrogens is 520 g/mol. The van der Waals surface area contributed by atoms with Crippen molar-refractivity contribution in [2.45, 2.75) is 20.1 Å². The molecule has 7 nitrogen and oxygen atoms in total. The summed E-state index contributed by atoms with van der Waals surface area (Å²) >= 11 is 4.50. The number of hydrogen-bond donors (Lipinski definition) is 0. The Kier molecular flexibility index (Phi) is 5.89. The van der Waals surface area contributed by atoms with Crippen LogP contribution in [0.15, 0.2) is 74.6 Å². The van der Waals surface area contributed by atoms with Crippen LogP contribution in [-0.2, 0) is 17.9 Å². The van der Waals surface area contributed by atoms with Crippen molar-refractivity contribution in [2.75, 3.05) is 0 Å². The number of esters is 1. The molecule has 0 N–H and O–H groups in total. The fourth-order valence-corrected chi connectivity index (χ4v) is 5.05. The van der Waals surface area contributed by atoms with Crippen molar-refractivity contribution < 1.29 is 18.7 Å². The van der Waals surface area contributed by atoms with Crippen LogP contribution in [0.25, 0.3) is 21.2 Å². The summed E-state index contributed by atoms with van der Waals surface area (Å²) in [7, 11) is 0. The van der Waals surface area contributed by atoms with Gasteiger partial charge < -0.3 is 9.15 Å². The van der Waals surface area contributed by atoms with Crippen molar-refractivity contribution in [3.63, 3.8) is 0 Å². The van der Waals surface area contributed by atoms with E-state index in [2.05, 4.69) is 20.9 Å². The van der Waals surface area contributed by atoms with Crippen LogP contribution in [0.2, 0.25) is 0 Å². The number of aromatic nitrogens is 2. The van der Waals surface area contributed by atoms with Crippen molar-refractivity contribution >= 4 is 60.2 Å². The number of Topliss-reactive ketones (excluding diaryl/α,β-unsaturated/α-hetero) is 1. The Morgan fingerprint density at radius 3 is 2.74 bits per heavy atom. The van der Waals surface area contributed by atoms with Crippen molar-refractivity contribution in [1.29, 1.82) is 0 Å². The zero-order valence-electron chi connectivity index (χ0n) is 17.9. The largest absolute Gasteiger partial charge is 0.457 e. The van der Waals surface area contributed by atoms with E-state index in [1.54, 1.807) is 19.1 Å². The van der Waals surface area contributed by atoms with Gasteiger partial charge in [-0.25, -0.2) is 9.78 Å². The van der Waals surface area contributed by atoms with E-state index >= 15 is 0 Å². The minimum Gasteiger partial charge on any atom is -0.457 e. The van der Waals surface area contributed by atoms with Crippen molar-refractivity contribution in [3.8, 4) is 0 Å². The molecule has 0 amide bonds. The van der Waals surface area contributed by atoms with Gasteiger partial charge >= 0.3 is 5.97 Å². The number of aryl methyl sites for hydroxylation is 1. The predicted octanol–water partition coefficient (Wildman–Crippen LogP) is 5.52. The lowest BCUT2D eigenvalue weighted by molar-refractivity contribution is 0.0477. The first-order chi connectivity index (χ1) is 16.4. The molecule has 0 aliphatic heterocycles. The summed E-state index contributed by atoms with van der Waals surface area (Å²) in [4.78, 5) is 43.7. The summed E-state index contributed by atoms with van der Waals surface area (Å²) in [6.07, 6.45) is 1.32. The molecular formula is C25H17BrN2O5S. The van der Waals surface area contributed by atoms with Gasteiger partial charge in [-0.1, -0.05) is 46.3 Å². The summed E-state index contributed by atoms with van der Waals surface area (Å²) in [6.45, 7) is 1.59. The van der Waals surface area contributed by atoms with Gasteiger partial charge in [0.25, 0.3) is 5.56 Å². The van der Waals surface area contributed by atoms with Crippen LogP contribution in [0.5, 0.6) is 0 Å². The Morgan fingerprint density at radius 2 is 1.94 bits per heavy atom. The number of halogens is 1. The fraction of sp³-hybridized carbons (Fsp3) is 0.120. The molecule has 9 heteroatoms. The van der Waals surface area contributed by atoms with Crippen LogP contribution in [0.1, 0.15) is 31.4 Å². The van der Waals surface area contributed by atoms with Crippen LogP contribution in [0.4, 0.5) is 0 Å². The average Bonchev–Trinajstić information content (AvgIpc) is 3.41. The van der Waals surface area contributed by atoms with Crippen molar-refractivity contribution in [2.24, 2.45) is 0 Å². The molecule has 3 aromatic heterocycles. The minimum atomic E-state index is -0.514. The zero-order valence-corrected chi connectivity index (χ0v) is 20.3. The monoisotopic (exact) mass is 536 g/mol. The highest BCUT2D eigenvalue weighted by Crippen LogP contribution is 2.28. The van der Waals surface area contributed by atoms with E-state index in [4.69, 9.17) is 9.15 Å². The lowest BCUT2D eigenvalue weighted by Gasteiger charge is -2.04. The Morgan fingerprint density at radius 1 is 1.15 bits per heavy atom. The maximum Gasteiger partial charge on any atom is 0.349 e. The van der Waals surface area contributed by atoms with E-state index in [9.17, 15) is 14.4 Å². The maximum absolute atomic E-state index is 13.1. The summed E-state index contributed by atoms with van der Waals surface area (Å²) in [5.41, 5.74) is 1.55. The number of rotatable bonds is 6. The van der Waals surface area contributed by atoms with Crippen LogP contribution in [-0.4, -0.2) is 21.3 Å². The summed E-state index contributed by atoms with van der Waals surface area (Å²) in [6, 6.07) is 16.4. The van der Waals surface area contributed by atoms with Gasteiger partial charge in [-0.2, -0.15) is 0 Å². The second kappa shape index (κ2) is 9.00. The number of ether oxygens (including phenoxy) is 1. The highest BCUT2D eigenvalue weighted by atomic mass is 79.9. The third-order valence-electron chi connectivity index (χ3n) is 5.38. The standard InChI is InChI=1S/C25H17BrN2O5S/c1-14-21-23(34-22(14)25(31)32-12-15-5-3-2-4-6-15)27-13-28(24(21)30)11-18(29)20-10-16-9-17(26)7-8-19(16)33-20/h2-10,13H,11-12H2,1H3. The molecule has 0 atom stereocenters. The summed E-state index contributed by atoms with van der Waals surface area (Å²) < 4.78 is 13.2. The maximum atomic E-state index is 13.1. The molecule has 2 aromatic carbocycles. The lowest BCUT2D eigenvalue weighted by Crippen LogP contribution is -2.24. The average molecular weight is 537 g/mol. The van der Waals surface area contributed by atoms with E-state index < -0.39 is 11.5 Å². The third kappa shape index (κ3) is 4.20. The molecule has 0 spiro atoms. The Hall–Kier alpha value is -3.56. The first-order valence-electron chi connectivity index (χ1n) is 10.3. The topological polar surface area (TPSA) is 91.4 Å². The third-order valence-corrected chi connectivity index (χ3v) is 7.06. The van der Waals surface area contributed by atoms with Crippen molar-refractivity contribution in [3.05, 3.63) is 97.5 Å². The summed E-state index contributed by atoms with van der Waals surface area (Å²) in [5.74, 6) is -0.710. The van der Waals surface area contributed by atoms with Gasteiger partial charge in [0, 0.05) is 9.86 Å². The minimum absolute atomic E-state index is 0.133. The van der Waals surface area contributed by atoms with Crippen LogP contribution in [0, 0.1) is 6.92 Å². The SMILES string of the molecule is Cc1c(C(=O)OCc2ccccc2)sc2ncn(CC(=O)c3cc4cc(Br)ccc4o3)c(=O)c12. The molecule has 5 rings (SSSR count). The molecule has 0 unspecified atom stereocenters. The number of benzene rings is 2. The van der Waals surface area contributed by atoms with E-state index in [0.29, 0.717) is 26.2 Å². The number of nitrogens with zero attached hydrogens (tertiary/aromatic N) is 2. The van der Waals surface area contributed by atoms with Gasteiger partial charge in [-0.05, 0) is 42.3 Å². The van der Waals surface area contributed by atoms with Gasteiger partial charge in [0.2, 0.25) is 5.78 Å². The van der Waals surface area contributed by atoms with E-state index in [-0.39, 0.29) is 24.7 Å². The molecule has 0 radical (unpaired) electrons. The number of furan rings is 1. The molecule has 5 aromatic rings. The number of thiophene rings is 1. The Balaban J connectivity index is 1.40. The van der Waals surface area contributed by atoms with Crippen LogP contribution < -0.4 is 5.56 Å². The van der Waals surface area contributed by atoms with Gasteiger partial charge in [0.05, 0.1) is 18.3 Å². The Labute approximate surface area is 205 Å². The quantitative estimate of drug-likeness (QED) is 0.210. The predicted molar refractivity (Wildman–Crippen MR) is 132 cm³/mol. The van der Waals surface area contributed by atoms with Gasteiger partial charge in [0.1, 0.15) is 21.9 Å². The first-order valence-corrected chi connectivity index (χ1v) is 11.9. The first kappa shape index (κ1) is 22.2. The number of hydrogen-bond acceptors (Lipinski definition) is 7. The van der Waals surface area contributed by atoms with E-state index in [0.717, 1.165) is 26.8 Å². The molecule has 0 bridgehead atoms. The molecule has 0 aliphatic carbocycles. The van der Waals surface area contributed by atoms with Gasteiger partial charge in [-0.15, -0.1) is 11.3 Å². The van der Waals surface area contributed by atoms with Crippen LogP contribution >= 0.6 is 27.3 Å². The van der Waals surface area contributed by atoms with E-state index in [1.165, 1.54) is 10.9 Å². The number of ketones is 1. The van der Waals surface area contributed by atoms with Crippen molar-refractivity contribution in [1.82, 2.24) is 9.55 Å². The molecule has 170 valence electrons. The fourth-order valence-electron chi connectivity index (χ4n) is 3.64. The highest BCUT2D eigenvalue weighted by Gasteiger charge is 2.22. The normalized spacial score (nSPS) is 11.2. The second-order valence-electron chi connectivity index (χ2n) is 7.69. The zero-order chi connectivity index (χ0) is 23.8. The second-order valence-corrected chi connectivity index (χ2v) is 9.61. The summed E-state index contributed by atoms with van der Waals surface area (Å²) in [5, 5.41) is 1.09. The van der Waals surface area contributed by atoms with Gasteiger partial charge in [-0.3, -0.25) is 14.2 Å². The van der Waals surface area contributed by atoms with E-state index in [1.807, 2.05) is 42.5 Å². The van der Waals surface area contributed by atoms with Gasteiger partial charge in [0.15, 0.2) is 5.76 Å². The molecule has 34 heavy (non-hydrogen) atoms. The number of fused-ring (bicyclic) bond motifs is 2.